The van der Waals surface area contributed by atoms with Crippen molar-refractivity contribution in [2.75, 3.05) is 4.90 Å². The summed E-state index contributed by atoms with van der Waals surface area (Å²) in [5.74, 6) is 0. The van der Waals surface area contributed by atoms with Crippen molar-refractivity contribution in [3.05, 3.63) is 223 Å². The fourth-order valence-corrected chi connectivity index (χ4v) is 10.6. The third-order valence-corrected chi connectivity index (χ3v) is 13.4. The zero-order valence-electron chi connectivity index (χ0n) is 33.1. The number of benzene rings is 9. The van der Waals surface area contributed by atoms with Gasteiger partial charge in [0.2, 0.25) is 0 Å². The molecule has 1 nitrogen and oxygen atoms in total. The zero-order chi connectivity index (χ0) is 39.5. The number of hydrogen-bond acceptors (Lipinski definition) is 2. The summed E-state index contributed by atoms with van der Waals surface area (Å²) in [5.41, 5.74) is 18.3. The molecule has 1 aliphatic carbocycles. The highest BCUT2D eigenvalue weighted by Crippen LogP contribution is 2.51. The van der Waals surface area contributed by atoms with Crippen LogP contribution in [0.4, 0.5) is 17.1 Å². The van der Waals surface area contributed by atoms with E-state index in [2.05, 4.69) is 231 Å². The fraction of sp³-hybridized carbons (Fsp3) is 0.0526. The molecule has 280 valence electrons. The van der Waals surface area contributed by atoms with Crippen LogP contribution in [0.2, 0.25) is 0 Å². The largest absolute Gasteiger partial charge is 0.310 e. The first kappa shape index (κ1) is 35.2. The Morgan fingerprint density at radius 1 is 0.356 bits per heavy atom. The molecule has 0 N–H and O–H groups in total. The maximum atomic E-state index is 2.49. The van der Waals surface area contributed by atoms with E-state index in [0.717, 1.165) is 17.1 Å². The lowest BCUT2D eigenvalue weighted by molar-refractivity contribution is 0.660. The molecule has 0 fully saturated rings. The molecule has 1 heterocycles. The van der Waals surface area contributed by atoms with Gasteiger partial charge in [0.05, 0.1) is 5.69 Å². The zero-order valence-corrected chi connectivity index (χ0v) is 33.9. The maximum absolute atomic E-state index is 2.49. The Morgan fingerprint density at radius 2 is 0.932 bits per heavy atom. The number of fused-ring (bicyclic) bond motifs is 6. The number of anilines is 3. The Labute approximate surface area is 350 Å². The van der Waals surface area contributed by atoms with Gasteiger partial charge in [-0.15, -0.1) is 11.3 Å². The Kier molecular flexibility index (Phi) is 8.43. The molecule has 1 aliphatic rings. The average Bonchev–Trinajstić information content (AvgIpc) is 3.78. The summed E-state index contributed by atoms with van der Waals surface area (Å²) >= 11 is 1.86. The van der Waals surface area contributed by atoms with Gasteiger partial charge < -0.3 is 4.90 Å². The Morgan fingerprint density at radius 3 is 1.75 bits per heavy atom. The van der Waals surface area contributed by atoms with Crippen LogP contribution >= 0.6 is 11.3 Å². The van der Waals surface area contributed by atoms with E-state index in [1.807, 2.05) is 11.3 Å². The van der Waals surface area contributed by atoms with E-state index in [1.165, 1.54) is 86.9 Å². The van der Waals surface area contributed by atoms with Crippen LogP contribution in [0.1, 0.15) is 25.0 Å². The van der Waals surface area contributed by atoms with Crippen molar-refractivity contribution < 1.29 is 0 Å². The van der Waals surface area contributed by atoms with Gasteiger partial charge in [-0.1, -0.05) is 184 Å². The molecule has 2 heteroatoms. The number of thiophene rings is 1. The van der Waals surface area contributed by atoms with Crippen molar-refractivity contribution in [1.29, 1.82) is 0 Å². The van der Waals surface area contributed by atoms with Crippen LogP contribution in [0, 0.1) is 0 Å². The Hall–Kier alpha value is -7.00. The van der Waals surface area contributed by atoms with Crippen molar-refractivity contribution in [3.63, 3.8) is 0 Å². The number of rotatable bonds is 7. The van der Waals surface area contributed by atoms with Gasteiger partial charge in [0.25, 0.3) is 0 Å². The van der Waals surface area contributed by atoms with Gasteiger partial charge in [-0.3, -0.25) is 0 Å². The highest BCUT2D eigenvalue weighted by Gasteiger charge is 2.35. The fourth-order valence-electron chi connectivity index (χ4n) is 9.44. The van der Waals surface area contributed by atoms with Crippen molar-refractivity contribution in [1.82, 2.24) is 0 Å². The van der Waals surface area contributed by atoms with Gasteiger partial charge in [0, 0.05) is 42.5 Å². The van der Waals surface area contributed by atoms with Crippen molar-refractivity contribution in [2.24, 2.45) is 0 Å². The SMILES string of the molecule is CC1(C)c2ccccc2-c2cc(-c3cccc(N(c4ccc5c(c4)sc4ccccc45)c4cccc(-c5ccccc5)c4-c4ccccc4-c4ccccc4)c3)ccc21. The first-order chi connectivity index (χ1) is 29.0. The molecular weight excluding hydrogens is 731 g/mol. The molecule has 59 heavy (non-hydrogen) atoms. The van der Waals surface area contributed by atoms with E-state index >= 15 is 0 Å². The summed E-state index contributed by atoms with van der Waals surface area (Å²) in [7, 11) is 0. The highest BCUT2D eigenvalue weighted by molar-refractivity contribution is 7.25. The molecule has 0 bridgehead atoms. The van der Waals surface area contributed by atoms with Gasteiger partial charge in [-0.2, -0.15) is 0 Å². The normalized spacial score (nSPS) is 12.7. The lowest BCUT2D eigenvalue weighted by Gasteiger charge is -2.30. The smallest absolute Gasteiger partial charge is 0.0546 e. The summed E-state index contributed by atoms with van der Waals surface area (Å²) in [6.45, 7) is 4.70. The maximum Gasteiger partial charge on any atom is 0.0546 e. The first-order valence-corrected chi connectivity index (χ1v) is 21.2. The molecule has 10 aromatic rings. The van der Waals surface area contributed by atoms with E-state index in [4.69, 9.17) is 0 Å². The molecule has 0 atom stereocenters. The molecule has 0 aliphatic heterocycles. The molecule has 9 aromatic carbocycles. The minimum absolute atomic E-state index is 0.0371. The Bertz CT molecular complexity index is 3190. The van der Waals surface area contributed by atoms with Gasteiger partial charge in [0.15, 0.2) is 0 Å². The lowest BCUT2D eigenvalue weighted by Crippen LogP contribution is -2.14. The second-order valence-electron chi connectivity index (χ2n) is 16.1. The van der Waals surface area contributed by atoms with Crippen LogP contribution in [-0.2, 0) is 5.41 Å². The molecule has 0 saturated carbocycles. The summed E-state index contributed by atoms with van der Waals surface area (Å²) in [6, 6.07) is 78.2. The number of hydrogen-bond donors (Lipinski definition) is 0. The molecular formula is C57H41NS. The van der Waals surface area contributed by atoms with E-state index in [0.29, 0.717) is 0 Å². The van der Waals surface area contributed by atoms with Gasteiger partial charge >= 0.3 is 0 Å². The van der Waals surface area contributed by atoms with Crippen molar-refractivity contribution >= 4 is 48.6 Å². The van der Waals surface area contributed by atoms with Crippen molar-refractivity contribution in [2.45, 2.75) is 19.3 Å². The highest BCUT2D eigenvalue weighted by atomic mass is 32.1. The monoisotopic (exact) mass is 771 g/mol. The molecule has 0 spiro atoms. The molecule has 0 radical (unpaired) electrons. The van der Waals surface area contributed by atoms with Crippen LogP contribution < -0.4 is 4.90 Å². The minimum atomic E-state index is -0.0371. The topological polar surface area (TPSA) is 3.24 Å². The lowest BCUT2D eigenvalue weighted by atomic mass is 9.82. The third kappa shape index (κ3) is 5.91. The van der Waals surface area contributed by atoms with Crippen LogP contribution in [0.3, 0.4) is 0 Å². The van der Waals surface area contributed by atoms with Gasteiger partial charge in [0.1, 0.15) is 0 Å². The van der Waals surface area contributed by atoms with Gasteiger partial charge in [-0.25, -0.2) is 0 Å². The summed E-state index contributed by atoms with van der Waals surface area (Å²) in [6.07, 6.45) is 0. The molecule has 1 aromatic heterocycles. The van der Waals surface area contributed by atoms with E-state index < -0.39 is 0 Å². The third-order valence-electron chi connectivity index (χ3n) is 12.3. The van der Waals surface area contributed by atoms with Crippen molar-refractivity contribution in [3.8, 4) is 55.6 Å². The molecule has 0 unspecified atom stereocenters. The average molecular weight is 772 g/mol. The predicted molar refractivity (Wildman–Crippen MR) is 253 cm³/mol. The summed E-state index contributed by atoms with van der Waals surface area (Å²) < 4.78 is 2.58. The molecule has 11 rings (SSSR count). The van der Waals surface area contributed by atoms with E-state index in [-0.39, 0.29) is 5.41 Å². The second kappa shape index (κ2) is 14.1. The number of nitrogens with zero attached hydrogens (tertiary/aromatic N) is 1. The molecule has 0 amide bonds. The van der Waals surface area contributed by atoms with Crippen LogP contribution in [0.15, 0.2) is 212 Å². The van der Waals surface area contributed by atoms with E-state index in [1.54, 1.807) is 0 Å². The van der Waals surface area contributed by atoms with Crippen LogP contribution in [-0.4, -0.2) is 0 Å². The minimum Gasteiger partial charge on any atom is -0.310 e. The standard InChI is InChI=1S/C57H41NS/c1-57(2)51-28-13-11-24-46(51)50-36-41(31-34-52(50)57)40-21-15-22-42(35-40)58(43-32-33-48-47-25-12-14-30-54(47)59-55(48)37-43)53-29-16-27-45(39-19-7-4-8-20-39)56(53)49-26-10-9-23-44(49)38-17-5-3-6-18-38/h3-37H,1-2H3. The summed E-state index contributed by atoms with van der Waals surface area (Å²) in [5, 5.41) is 2.59. The van der Waals surface area contributed by atoms with Crippen LogP contribution in [0.5, 0.6) is 0 Å². The summed E-state index contributed by atoms with van der Waals surface area (Å²) in [4.78, 5) is 2.49. The molecule has 0 saturated heterocycles. The predicted octanol–water partition coefficient (Wildman–Crippen LogP) is 16.5. The van der Waals surface area contributed by atoms with Gasteiger partial charge in [-0.05, 0) is 104 Å². The quantitative estimate of drug-likeness (QED) is 0.156. The van der Waals surface area contributed by atoms with Crippen LogP contribution in [0.25, 0.3) is 75.8 Å². The first-order valence-electron chi connectivity index (χ1n) is 20.4. The van der Waals surface area contributed by atoms with E-state index in [9.17, 15) is 0 Å². The Balaban J connectivity index is 1.16. The second-order valence-corrected chi connectivity index (χ2v) is 17.2.